The first kappa shape index (κ1) is 12.6. The van der Waals surface area contributed by atoms with E-state index in [0.717, 1.165) is 34.4 Å². The van der Waals surface area contributed by atoms with Crippen LogP contribution in [-0.2, 0) is 4.79 Å². The summed E-state index contributed by atoms with van der Waals surface area (Å²) in [6.45, 7) is 0. The number of fused-ring (bicyclic) bond motifs is 2. The fourth-order valence-corrected chi connectivity index (χ4v) is 3.13. The van der Waals surface area contributed by atoms with Gasteiger partial charge in [0.1, 0.15) is 5.52 Å². The highest BCUT2D eigenvalue weighted by molar-refractivity contribution is 6.10. The van der Waals surface area contributed by atoms with Crippen molar-refractivity contribution in [3.05, 3.63) is 54.1 Å². The van der Waals surface area contributed by atoms with Gasteiger partial charge in [-0.3, -0.25) is 4.79 Å². The fraction of sp³-hybridized carbons (Fsp3) is 0.167. The van der Waals surface area contributed by atoms with Crippen molar-refractivity contribution in [1.82, 2.24) is 10.4 Å². The Morgan fingerprint density at radius 3 is 2.78 bits per heavy atom. The van der Waals surface area contributed by atoms with E-state index in [1.165, 1.54) is 0 Å². The molecule has 0 spiro atoms. The van der Waals surface area contributed by atoms with E-state index < -0.39 is 0 Å². The van der Waals surface area contributed by atoms with Crippen molar-refractivity contribution in [1.29, 1.82) is 0 Å². The van der Waals surface area contributed by atoms with Crippen LogP contribution in [0.5, 0.6) is 0 Å². The average Bonchev–Trinajstić information content (AvgIpc) is 3.28. The highest BCUT2D eigenvalue weighted by Gasteiger charge is 2.49. The molecule has 1 amide bonds. The van der Waals surface area contributed by atoms with Gasteiger partial charge in [0.25, 0.3) is 0 Å². The molecule has 5 rings (SSSR count). The van der Waals surface area contributed by atoms with Crippen LogP contribution in [0.2, 0.25) is 0 Å². The molecule has 23 heavy (non-hydrogen) atoms. The summed E-state index contributed by atoms with van der Waals surface area (Å²) in [6, 6.07) is 15.7. The van der Waals surface area contributed by atoms with Crippen LogP contribution in [-0.4, -0.2) is 16.6 Å². The summed E-state index contributed by atoms with van der Waals surface area (Å²) in [5.41, 5.74) is 7.04. The zero-order chi connectivity index (χ0) is 15.4. The molecule has 112 valence electrons. The average molecular weight is 303 g/mol. The molecule has 1 saturated carbocycles. The third kappa shape index (κ3) is 1.97. The molecule has 2 aliphatic rings. The number of amides is 1. The number of hydrogen-bond donors (Lipinski definition) is 1. The molecule has 2 aromatic carbocycles. The number of nitrogens with zero attached hydrogens (tertiary/aromatic N) is 2. The molecule has 0 bridgehead atoms. The van der Waals surface area contributed by atoms with Crippen LogP contribution in [0.15, 0.2) is 58.0 Å². The largest absolute Gasteiger partial charge is 0.436 e. The van der Waals surface area contributed by atoms with Gasteiger partial charge in [0.15, 0.2) is 5.58 Å². The van der Waals surface area contributed by atoms with E-state index in [-0.39, 0.29) is 17.7 Å². The van der Waals surface area contributed by atoms with Crippen LogP contribution >= 0.6 is 0 Å². The number of hydrazone groups is 1. The third-order valence-corrected chi connectivity index (χ3v) is 4.47. The summed E-state index contributed by atoms with van der Waals surface area (Å²) in [5, 5.41) is 4.23. The molecule has 1 fully saturated rings. The van der Waals surface area contributed by atoms with E-state index in [1.807, 2.05) is 48.5 Å². The molecule has 2 unspecified atom stereocenters. The van der Waals surface area contributed by atoms with Crippen molar-refractivity contribution < 1.29 is 9.21 Å². The number of carbonyl (C=O) groups is 1. The predicted octanol–water partition coefficient (Wildman–Crippen LogP) is 2.96. The van der Waals surface area contributed by atoms with E-state index in [1.54, 1.807) is 0 Å². The Bertz CT molecular complexity index is 959. The maximum atomic E-state index is 11.5. The van der Waals surface area contributed by atoms with Gasteiger partial charge in [-0.2, -0.15) is 5.10 Å². The van der Waals surface area contributed by atoms with Crippen molar-refractivity contribution in [2.75, 3.05) is 0 Å². The van der Waals surface area contributed by atoms with E-state index in [2.05, 4.69) is 15.5 Å². The van der Waals surface area contributed by atoms with Gasteiger partial charge >= 0.3 is 0 Å². The number of oxazole rings is 1. The van der Waals surface area contributed by atoms with E-state index in [9.17, 15) is 4.79 Å². The Labute approximate surface area is 132 Å². The molecular formula is C18H13N3O2. The zero-order valence-corrected chi connectivity index (χ0v) is 12.2. The summed E-state index contributed by atoms with van der Waals surface area (Å²) in [6.07, 6.45) is 0.883. The normalized spacial score (nSPS) is 22.4. The monoisotopic (exact) mass is 303 g/mol. The molecular weight excluding hydrogens is 290 g/mol. The lowest BCUT2D eigenvalue weighted by Gasteiger charge is -2.11. The second-order valence-corrected chi connectivity index (χ2v) is 5.99. The minimum absolute atomic E-state index is 0.0332. The smallest absolute Gasteiger partial charge is 0.243 e. The number of carbonyl (C=O) groups excluding carboxylic acids is 1. The zero-order valence-electron chi connectivity index (χ0n) is 12.2. The Kier molecular flexibility index (Phi) is 2.47. The van der Waals surface area contributed by atoms with E-state index in [4.69, 9.17) is 4.42 Å². The highest BCUT2D eigenvalue weighted by Crippen LogP contribution is 2.43. The lowest BCUT2D eigenvalue weighted by Crippen LogP contribution is -2.28. The Hall–Kier alpha value is -2.95. The predicted molar refractivity (Wildman–Crippen MR) is 85.7 cm³/mol. The molecule has 1 N–H and O–H groups in total. The van der Waals surface area contributed by atoms with Crippen LogP contribution < -0.4 is 5.43 Å². The first-order valence-corrected chi connectivity index (χ1v) is 7.63. The van der Waals surface area contributed by atoms with Crippen molar-refractivity contribution in [3.63, 3.8) is 0 Å². The van der Waals surface area contributed by atoms with Crippen molar-refractivity contribution in [2.45, 2.75) is 6.42 Å². The van der Waals surface area contributed by atoms with Gasteiger partial charge in [-0.15, -0.1) is 0 Å². The minimum Gasteiger partial charge on any atom is -0.436 e. The second-order valence-electron chi connectivity index (χ2n) is 5.99. The van der Waals surface area contributed by atoms with Crippen molar-refractivity contribution in [2.24, 2.45) is 16.9 Å². The van der Waals surface area contributed by atoms with Crippen LogP contribution in [0, 0.1) is 11.8 Å². The first-order valence-electron chi connectivity index (χ1n) is 7.63. The Morgan fingerprint density at radius 1 is 1.04 bits per heavy atom. The van der Waals surface area contributed by atoms with Gasteiger partial charge in [-0.25, -0.2) is 10.4 Å². The molecule has 3 aromatic rings. The number of hydrogen-bond acceptors (Lipinski definition) is 4. The molecule has 1 aromatic heterocycles. The maximum Gasteiger partial charge on any atom is 0.243 e. The summed E-state index contributed by atoms with van der Waals surface area (Å²) >= 11 is 0. The number of aromatic nitrogens is 1. The first-order chi connectivity index (χ1) is 11.3. The second kappa shape index (κ2) is 4.52. The van der Waals surface area contributed by atoms with Gasteiger partial charge < -0.3 is 4.42 Å². The molecule has 1 aliphatic heterocycles. The van der Waals surface area contributed by atoms with Gasteiger partial charge in [0, 0.05) is 23.0 Å². The molecule has 1 aliphatic carbocycles. The van der Waals surface area contributed by atoms with Crippen LogP contribution in [0.4, 0.5) is 0 Å². The maximum absolute atomic E-state index is 11.5. The lowest BCUT2D eigenvalue weighted by molar-refractivity contribution is -0.122. The van der Waals surface area contributed by atoms with Crippen LogP contribution in [0.1, 0.15) is 12.0 Å². The molecule has 2 atom stereocenters. The molecule has 5 nitrogen and oxygen atoms in total. The van der Waals surface area contributed by atoms with Crippen molar-refractivity contribution in [3.8, 4) is 11.5 Å². The summed E-state index contributed by atoms with van der Waals surface area (Å²) in [4.78, 5) is 16.1. The standard InChI is InChI=1S/C18H13N3O2/c22-17-13-9-12(13)16(20-21-17)11-6-7-14-15(8-11)23-18(19-14)10-4-2-1-3-5-10/h1-8,12-13H,9H2,(H,21,22). The summed E-state index contributed by atoms with van der Waals surface area (Å²) in [5.74, 6) is 0.984. The van der Waals surface area contributed by atoms with Crippen LogP contribution in [0.3, 0.4) is 0 Å². The topological polar surface area (TPSA) is 67.5 Å². The Balaban J connectivity index is 1.57. The number of nitrogens with one attached hydrogen (secondary N) is 1. The number of rotatable bonds is 2. The Morgan fingerprint density at radius 2 is 1.91 bits per heavy atom. The highest BCUT2D eigenvalue weighted by atomic mass is 16.3. The van der Waals surface area contributed by atoms with Gasteiger partial charge in [0.2, 0.25) is 11.8 Å². The quantitative estimate of drug-likeness (QED) is 0.791. The summed E-state index contributed by atoms with van der Waals surface area (Å²) < 4.78 is 5.90. The van der Waals surface area contributed by atoms with Crippen molar-refractivity contribution >= 4 is 22.7 Å². The summed E-state index contributed by atoms with van der Waals surface area (Å²) in [7, 11) is 0. The molecule has 0 radical (unpaired) electrons. The van der Waals surface area contributed by atoms with Crippen LogP contribution in [0.25, 0.3) is 22.6 Å². The lowest BCUT2D eigenvalue weighted by atomic mass is 10.0. The minimum atomic E-state index is 0.0332. The SMILES string of the molecule is O=C1NN=C(c2ccc3nc(-c4ccccc4)oc3c2)C2CC12. The molecule has 2 heterocycles. The van der Waals surface area contributed by atoms with Gasteiger partial charge in [-0.1, -0.05) is 24.3 Å². The third-order valence-electron chi connectivity index (χ3n) is 4.47. The molecule has 0 saturated heterocycles. The fourth-order valence-electron chi connectivity index (χ4n) is 3.13. The molecule has 5 heteroatoms. The van der Waals surface area contributed by atoms with Gasteiger partial charge in [-0.05, 0) is 30.7 Å². The van der Waals surface area contributed by atoms with E-state index in [0.29, 0.717) is 5.89 Å². The van der Waals surface area contributed by atoms with Gasteiger partial charge in [0.05, 0.1) is 5.71 Å². The number of benzene rings is 2. The van der Waals surface area contributed by atoms with E-state index >= 15 is 0 Å².